The molecule has 0 amide bonds. The van der Waals surface area contributed by atoms with E-state index in [1.165, 1.54) is 12.8 Å². The number of carboxylic acid groups (broad SMARTS) is 1. The molecule has 1 aliphatic heterocycles. The summed E-state index contributed by atoms with van der Waals surface area (Å²) in [4.78, 5) is 13.3. The Balaban J connectivity index is 2.51. The first-order valence-corrected chi connectivity index (χ1v) is 6.09. The van der Waals surface area contributed by atoms with Gasteiger partial charge in [0.05, 0.1) is 0 Å². The van der Waals surface area contributed by atoms with Crippen LogP contribution in [0.3, 0.4) is 0 Å². The van der Waals surface area contributed by atoms with E-state index < -0.39 is 11.5 Å². The molecular weight excluding hydrogens is 204 g/mol. The van der Waals surface area contributed by atoms with Crippen molar-refractivity contribution in [2.24, 2.45) is 11.7 Å². The van der Waals surface area contributed by atoms with Crippen LogP contribution in [-0.2, 0) is 4.79 Å². The second-order valence-corrected chi connectivity index (χ2v) is 5.52. The van der Waals surface area contributed by atoms with E-state index in [1.807, 2.05) is 0 Å². The lowest BCUT2D eigenvalue weighted by Gasteiger charge is -2.37. The first-order valence-electron chi connectivity index (χ1n) is 6.09. The van der Waals surface area contributed by atoms with Gasteiger partial charge < -0.3 is 15.7 Å². The SMILES string of the molecule is CC1CCCN(C(C)CC(C)(N)C(=O)O)C1. The minimum Gasteiger partial charge on any atom is -0.480 e. The van der Waals surface area contributed by atoms with Gasteiger partial charge in [-0.3, -0.25) is 4.79 Å². The lowest BCUT2D eigenvalue weighted by Crippen LogP contribution is -2.51. The Morgan fingerprint density at radius 3 is 2.81 bits per heavy atom. The Bertz CT molecular complexity index is 253. The van der Waals surface area contributed by atoms with Crippen LogP contribution in [0.15, 0.2) is 0 Å². The lowest BCUT2D eigenvalue weighted by molar-refractivity contribution is -0.143. The summed E-state index contributed by atoms with van der Waals surface area (Å²) < 4.78 is 0. The summed E-state index contributed by atoms with van der Waals surface area (Å²) in [5.74, 6) is -0.200. The molecule has 0 aromatic carbocycles. The molecule has 0 aromatic rings. The molecule has 4 nitrogen and oxygen atoms in total. The predicted molar refractivity (Wildman–Crippen MR) is 64.3 cm³/mol. The number of aliphatic carboxylic acids is 1. The summed E-state index contributed by atoms with van der Waals surface area (Å²) in [6, 6.07) is 0.244. The maximum atomic E-state index is 11.0. The molecule has 3 N–H and O–H groups in total. The van der Waals surface area contributed by atoms with Gasteiger partial charge in [-0.15, -0.1) is 0 Å². The van der Waals surface area contributed by atoms with Crippen LogP contribution in [0.2, 0.25) is 0 Å². The molecule has 4 heteroatoms. The fourth-order valence-electron chi connectivity index (χ4n) is 2.46. The summed E-state index contributed by atoms with van der Waals surface area (Å²) in [7, 11) is 0. The van der Waals surface area contributed by atoms with Gasteiger partial charge in [-0.05, 0) is 45.6 Å². The molecular formula is C12H24N2O2. The maximum Gasteiger partial charge on any atom is 0.323 e. The zero-order valence-electron chi connectivity index (χ0n) is 10.6. The molecule has 0 bridgehead atoms. The second-order valence-electron chi connectivity index (χ2n) is 5.52. The van der Waals surface area contributed by atoms with E-state index in [4.69, 9.17) is 10.8 Å². The van der Waals surface area contributed by atoms with Gasteiger partial charge in [0, 0.05) is 12.6 Å². The van der Waals surface area contributed by atoms with Crippen LogP contribution in [0.25, 0.3) is 0 Å². The molecule has 0 radical (unpaired) electrons. The summed E-state index contributed by atoms with van der Waals surface area (Å²) in [5, 5.41) is 9.00. The van der Waals surface area contributed by atoms with E-state index in [-0.39, 0.29) is 6.04 Å². The molecule has 94 valence electrons. The third-order valence-corrected chi connectivity index (χ3v) is 3.52. The smallest absolute Gasteiger partial charge is 0.323 e. The average Bonchev–Trinajstić information content (AvgIpc) is 2.16. The minimum absolute atomic E-state index is 0.244. The van der Waals surface area contributed by atoms with E-state index >= 15 is 0 Å². The molecule has 3 atom stereocenters. The van der Waals surface area contributed by atoms with Crippen LogP contribution in [0, 0.1) is 5.92 Å². The van der Waals surface area contributed by atoms with E-state index in [0.29, 0.717) is 12.3 Å². The van der Waals surface area contributed by atoms with Gasteiger partial charge >= 0.3 is 5.97 Å². The zero-order chi connectivity index (χ0) is 12.3. The normalized spacial score (nSPS) is 28.4. The van der Waals surface area contributed by atoms with Gasteiger partial charge in [0.15, 0.2) is 0 Å². The number of likely N-dealkylation sites (tertiary alicyclic amines) is 1. The van der Waals surface area contributed by atoms with Crippen molar-refractivity contribution in [1.82, 2.24) is 4.90 Å². The van der Waals surface area contributed by atoms with Crippen molar-refractivity contribution in [1.29, 1.82) is 0 Å². The van der Waals surface area contributed by atoms with Crippen molar-refractivity contribution in [2.45, 2.75) is 51.6 Å². The fraction of sp³-hybridized carbons (Fsp3) is 0.917. The Labute approximate surface area is 97.8 Å². The maximum absolute atomic E-state index is 11.0. The van der Waals surface area contributed by atoms with Crippen LogP contribution < -0.4 is 5.73 Å². The Morgan fingerprint density at radius 2 is 2.31 bits per heavy atom. The summed E-state index contributed by atoms with van der Waals surface area (Å²) in [6.45, 7) is 8.06. The molecule has 16 heavy (non-hydrogen) atoms. The number of carboxylic acids is 1. The molecule has 3 unspecified atom stereocenters. The van der Waals surface area contributed by atoms with Crippen LogP contribution in [-0.4, -0.2) is 40.6 Å². The molecule has 1 saturated heterocycles. The van der Waals surface area contributed by atoms with Crippen molar-refractivity contribution >= 4 is 5.97 Å². The molecule has 1 heterocycles. The van der Waals surface area contributed by atoms with Gasteiger partial charge in [0.2, 0.25) is 0 Å². The third-order valence-electron chi connectivity index (χ3n) is 3.52. The van der Waals surface area contributed by atoms with Crippen LogP contribution in [0.5, 0.6) is 0 Å². The van der Waals surface area contributed by atoms with Crippen LogP contribution >= 0.6 is 0 Å². The highest BCUT2D eigenvalue weighted by molar-refractivity contribution is 5.77. The van der Waals surface area contributed by atoms with Crippen molar-refractivity contribution in [3.63, 3.8) is 0 Å². The number of carbonyl (C=O) groups is 1. The van der Waals surface area contributed by atoms with Gasteiger partial charge in [-0.2, -0.15) is 0 Å². The first-order chi connectivity index (χ1) is 7.33. The Hall–Kier alpha value is -0.610. The number of nitrogens with zero attached hydrogens (tertiary/aromatic N) is 1. The quantitative estimate of drug-likeness (QED) is 0.761. The van der Waals surface area contributed by atoms with Crippen LogP contribution in [0.4, 0.5) is 0 Å². The average molecular weight is 228 g/mol. The standard InChI is InChI=1S/C12H24N2O2/c1-9-5-4-6-14(8-9)10(2)7-12(3,13)11(15)16/h9-10H,4-8,13H2,1-3H3,(H,15,16). The Morgan fingerprint density at radius 1 is 1.69 bits per heavy atom. The summed E-state index contributed by atoms with van der Waals surface area (Å²) >= 11 is 0. The topological polar surface area (TPSA) is 66.6 Å². The highest BCUT2D eigenvalue weighted by Gasteiger charge is 2.32. The van der Waals surface area contributed by atoms with Crippen molar-refractivity contribution in [2.75, 3.05) is 13.1 Å². The zero-order valence-corrected chi connectivity index (χ0v) is 10.6. The monoisotopic (exact) mass is 228 g/mol. The fourth-order valence-corrected chi connectivity index (χ4v) is 2.46. The lowest BCUT2D eigenvalue weighted by atomic mass is 9.92. The molecule has 1 rings (SSSR count). The number of nitrogens with two attached hydrogens (primary N) is 1. The summed E-state index contributed by atoms with van der Waals surface area (Å²) in [5.41, 5.74) is 4.66. The van der Waals surface area contributed by atoms with Crippen molar-refractivity contribution in [3.8, 4) is 0 Å². The highest BCUT2D eigenvalue weighted by Crippen LogP contribution is 2.21. The first kappa shape index (κ1) is 13.5. The number of hydrogen-bond acceptors (Lipinski definition) is 3. The molecule has 1 aliphatic rings. The van der Waals surface area contributed by atoms with Gasteiger partial charge in [-0.25, -0.2) is 0 Å². The number of hydrogen-bond donors (Lipinski definition) is 2. The predicted octanol–water partition coefficient (Wildman–Crippen LogP) is 1.30. The molecule has 0 aliphatic carbocycles. The van der Waals surface area contributed by atoms with E-state index in [0.717, 1.165) is 13.1 Å². The number of rotatable bonds is 4. The largest absolute Gasteiger partial charge is 0.480 e. The molecule has 1 fully saturated rings. The van der Waals surface area contributed by atoms with Crippen molar-refractivity contribution < 1.29 is 9.90 Å². The van der Waals surface area contributed by atoms with E-state index in [1.54, 1.807) is 6.92 Å². The Kier molecular flexibility index (Phi) is 4.33. The van der Waals surface area contributed by atoms with Gasteiger partial charge in [-0.1, -0.05) is 6.92 Å². The molecule has 0 aromatic heterocycles. The molecule has 0 saturated carbocycles. The highest BCUT2D eigenvalue weighted by atomic mass is 16.4. The van der Waals surface area contributed by atoms with Gasteiger partial charge in [0.25, 0.3) is 0 Å². The van der Waals surface area contributed by atoms with E-state index in [9.17, 15) is 4.79 Å². The van der Waals surface area contributed by atoms with Crippen molar-refractivity contribution in [3.05, 3.63) is 0 Å². The van der Waals surface area contributed by atoms with Crippen LogP contribution in [0.1, 0.15) is 40.0 Å². The number of piperidine rings is 1. The molecule has 0 spiro atoms. The van der Waals surface area contributed by atoms with Gasteiger partial charge in [0.1, 0.15) is 5.54 Å². The van der Waals surface area contributed by atoms with E-state index in [2.05, 4.69) is 18.7 Å². The minimum atomic E-state index is -1.11. The second kappa shape index (κ2) is 5.15. The summed E-state index contributed by atoms with van der Waals surface area (Å²) in [6.07, 6.45) is 3.00. The third kappa shape index (κ3) is 3.46.